The SMILES string of the molecule is O=C(OCc1ccccc1)N1CC(O)(CN2CCOCC2)C1. The third kappa shape index (κ3) is 3.76. The van der Waals surface area contributed by atoms with Crippen LogP contribution in [0.2, 0.25) is 0 Å². The molecule has 6 heteroatoms. The van der Waals surface area contributed by atoms with Gasteiger partial charge < -0.3 is 19.5 Å². The number of hydrogen-bond donors (Lipinski definition) is 1. The average molecular weight is 306 g/mol. The van der Waals surface area contributed by atoms with Crippen molar-refractivity contribution in [3.63, 3.8) is 0 Å². The summed E-state index contributed by atoms with van der Waals surface area (Å²) in [6.45, 7) is 4.59. The smallest absolute Gasteiger partial charge is 0.410 e. The number of carbonyl (C=O) groups excluding carboxylic acids is 1. The Morgan fingerprint density at radius 3 is 2.59 bits per heavy atom. The van der Waals surface area contributed by atoms with Crippen molar-refractivity contribution in [3.8, 4) is 0 Å². The molecular formula is C16H22N2O4. The fourth-order valence-corrected chi connectivity index (χ4v) is 2.88. The molecule has 2 heterocycles. The lowest BCUT2D eigenvalue weighted by Gasteiger charge is -2.48. The zero-order chi connectivity index (χ0) is 15.4. The van der Waals surface area contributed by atoms with Gasteiger partial charge in [-0.2, -0.15) is 0 Å². The first-order valence-electron chi connectivity index (χ1n) is 7.63. The van der Waals surface area contributed by atoms with E-state index >= 15 is 0 Å². The highest BCUT2D eigenvalue weighted by Gasteiger charge is 2.45. The summed E-state index contributed by atoms with van der Waals surface area (Å²) in [5, 5.41) is 10.4. The van der Waals surface area contributed by atoms with Gasteiger partial charge in [0.25, 0.3) is 0 Å². The molecule has 2 fully saturated rings. The molecule has 1 amide bonds. The number of nitrogens with zero attached hydrogens (tertiary/aromatic N) is 2. The molecule has 1 aromatic rings. The molecule has 0 saturated carbocycles. The summed E-state index contributed by atoms with van der Waals surface area (Å²) in [5.41, 5.74) is 0.142. The molecule has 0 radical (unpaired) electrons. The van der Waals surface area contributed by atoms with Crippen molar-refractivity contribution < 1.29 is 19.4 Å². The van der Waals surface area contributed by atoms with Gasteiger partial charge in [-0.1, -0.05) is 30.3 Å². The van der Waals surface area contributed by atoms with Crippen molar-refractivity contribution in [2.45, 2.75) is 12.2 Å². The number of hydrogen-bond acceptors (Lipinski definition) is 5. The zero-order valence-electron chi connectivity index (χ0n) is 12.6. The van der Waals surface area contributed by atoms with E-state index in [0.717, 1.165) is 18.7 Å². The van der Waals surface area contributed by atoms with Crippen molar-refractivity contribution in [2.75, 3.05) is 45.9 Å². The Kier molecular flexibility index (Phi) is 4.61. The maximum Gasteiger partial charge on any atom is 0.410 e. The number of rotatable bonds is 4. The predicted molar refractivity (Wildman–Crippen MR) is 80.4 cm³/mol. The minimum atomic E-state index is -0.816. The van der Waals surface area contributed by atoms with Gasteiger partial charge >= 0.3 is 6.09 Å². The molecule has 0 atom stereocenters. The van der Waals surface area contributed by atoms with E-state index in [9.17, 15) is 9.90 Å². The van der Waals surface area contributed by atoms with Crippen LogP contribution in [0.5, 0.6) is 0 Å². The van der Waals surface area contributed by atoms with E-state index in [2.05, 4.69) is 4.90 Å². The van der Waals surface area contributed by atoms with Crippen LogP contribution in [0.3, 0.4) is 0 Å². The summed E-state index contributed by atoms with van der Waals surface area (Å²) in [7, 11) is 0. The van der Waals surface area contributed by atoms with Crippen LogP contribution in [-0.2, 0) is 16.1 Å². The highest BCUT2D eigenvalue weighted by molar-refractivity contribution is 5.69. The fourth-order valence-electron chi connectivity index (χ4n) is 2.88. The standard InChI is InChI=1S/C16H22N2O4/c19-15(22-10-14-4-2-1-3-5-14)18-12-16(20,13-18)11-17-6-8-21-9-7-17/h1-5,20H,6-13H2. The van der Waals surface area contributed by atoms with Gasteiger partial charge in [0.2, 0.25) is 0 Å². The maximum atomic E-state index is 11.9. The van der Waals surface area contributed by atoms with Gasteiger partial charge in [-0.3, -0.25) is 4.90 Å². The lowest BCUT2D eigenvalue weighted by atomic mass is 9.94. The van der Waals surface area contributed by atoms with E-state index < -0.39 is 5.60 Å². The Labute approximate surface area is 130 Å². The Hall–Kier alpha value is -1.63. The van der Waals surface area contributed by atoms with Crippen LogP contribution >= 0.6 is 0 Å². The molecule has 0 aromatic heterocycles. The first-order valence-corrected chi connectivity index (χ1v) is 7.63. The largest absolute Gasteiger partial charge is 0.445 e. The highest BCUT2D eigenvalue weighted by atomic mass is 16.6. The lowest BCUT2D eigenvalue weighted by molar-refractivity contribution is -0.114. The van der Waals surface area contributed by atoms with Gasteiger partial charge in [-0.05, 0) is 5.56 Å². The van der Waals surface area contributed by atoms with Gasteiger partial charge in [0.1, 0.15) is 12.2 Å². The van der Waals surface area contributed by atoms with Crippen LogP contribution in [0.25, 0.3) is 0 Å². The van der Waals surface area contributed by atoms with Crippen molar-refractivity contribution in [1.29, 1.82) is 0 Å². The number of benzene rings is 1. The number of carbonyl (C=O) groups is 1. The summed E-state index contributed by atoms with van der Waals surface area (Å²) in [5.74, 6) is 0. The van der Waals surface area contributed by atoms with Crippen LogP contribution in [0.15, 0.2) is 30.3 Å². The molecule has 120 valence electrons. The molecule has 0 bridgehead atoms. The fraction of sp³-hybridized carbons (Fsp3) is 0.562. The predicted octanol–water partition coefficient (Wildman–Crippen LogP) is 0.702. The minimum absolute atomic E-state index is 0.262. The number of β-amino-alcohol motifs (C(OH)–C–C–N with tert-alkyl or cyclic N) is 1. The van der Waals surface area contributed by atoms with Crippen LogP contribution in [0.4, 0.5) is 4.79 Å². The van der Waals surface area contributed by atoms with Crippen LogP contribution in [-0.4, -0.2) is 72.5 Å². The number of aliphatic hydroxyl groups is 1. The second kappa shape index (κ2) is 6.64. The summed E-state index contributed by atoms with van der Waals surface area (Å²) in [4.78, 5) is 15.7. The first kappa shape index (κ1) is 15.3. The van der Waals surface area contributed by atoms with E-state index in [1.54, 1.807) is 4.90 Å². The van der Waals surface area contributed by atoms with Crippen LogP contribution in [0.1, 0.15) is 5.56 Å². The van der Waals surface area contributed by atoms with Crippen molar-refractivity contribution in [1.82, 2.24) is 9.80 Å². The van der Waals surface area contributed by atoms with E-state index in [1.807, 2.05) is 30.3 Å². The Morgan fingerprint density at radius 1 is 1.23 bits per heavy atom. The van der Waals surface area contributed by atoms with E-state index in [4.69, 9.17) is 9.47 Å². The summed E-state index contributed by atoms with van der Waals surface area (Å²) < 4.78 is 10.5. The number of amides is 1. The normalized spacial score (nSPS) is 21.2. The molecule has 0 unspecified atom stereocenters. The minimum Gasteiger partial charge on any atom is -0.445 e. The number of morpholine rings is 1. The van der Waals surface area contributed by atoms with Crippen molar-refractivity contribution in [3.05, 3.63) is 35.9 Å². The molecule has 0 aliphatic carbocycles. The molecular weight excluding hydrogens is 284 g/mol. The maximum absolute atomic E-state index is 11.9. The molecule has 6 nitrogen and oxygen atoms in total. The number of likely N-dealkylation sites (tertiary alicyclic amines) is 1. The second-order valence-electron chi connectivity index (χ2n) is 6.01. The Bertz CT molecular complexity index is 496. The molecule has 3 rings (SSSR count). The molecule has 2 aliphatic rings. The van der Waals surface area contributed by atoms with Gasteiger partial charge in [0.15, 0.2) is 0 Å². The van der Waals surface area contributed by atoms with Gasteiger partial charge in [-0.25, -0.2) is 4.79 Å². The molecule has 2 saturated heterocycles. The van der Waals surface area contributed by atoms with Crippen LogP contribution in [0, 0.1) is 0 Å². The summed E-state index contributed by atoms with van der Waals surface area (Å²) in [6, 6.07) is 9.57. The summed E-state index contributed by atoms with van der Waals surface area (Å²) in [6.07, 6.45) is -0.365. The lowest BCUT2D eigenvalue weighted by Crippen LogP contribution is -2.68. The highest BCUT2D eigenvalue weighted by Crippen LogP contribution is 2.23. The van der Waals surface area contributed by atoms with Gasteiger partial charge in [0.05, 0.1) is 26.3 Å². The second-order valence-corrected chi connectivity index (χ2v) is 6.01. The van der Waals surface area contributed by atoms with Crippen LogP contribution < -0.4 is 0 Å². The number of ether oxygens (including phenoxy) is 2. The molecule has 1 aromatic carbocycles. The Morgan fingerprint density at radius 2 is 1.91 bits per heavy atom. The molecule has 2 aliphatic heterocycles. The van der Waals surface area contributed by atoms with E-state index in [1.165, 1.54) is 0 Å². The first-order chi connectivity index (χ1) is 10.6. The monoisotopic (exact) mass is 306 g/mol. The molecule has 1 N–H and O–H groups in total. The van der Waals surface area contributed by atoms with Gasteiger partial charge in [-0.15, -0.1) is 0 Å². The zero-order valence-corrected chi connectivity index (χ0v) is 12.6. The van der Waals surface area contributed by atoms with Crippen molar-refractivity contribution >= 4 is 6.09 Å². The average Bonchev–Trinajstić information content (AvgIpc) is 2.52. The third-order valence-corrected chi connectivity index (χ3v) is 4.06. The quantitative estimate of drug-likeness (QED) is 0.887. The van der Waals surface area contributed by atoms with Gasteiger partial charge in [0, 0.05) is 19.6 Å². The third-order valence-electron chi connectivity index (χ3n) is 4.06. The summed E-state index contributed by atoms with van der Waals surface area (Å²) >= 11 is 0. The van der Waals surface area contributed by atoms with E-state index in [0.29, 0.717) is 32.8 Å². The molecule has 0 spiro atoms. The Balaban J connectivity index is 1.40. The molecule has 22 heavy (non-hydrogen) atoms. The van der Waals surface area contributed by atoms with Crippen molar-refractivity contribution in [2.24, 2.45) is 0 Å². The van der Waals surface area contributed by atoms with E-state index in [-0.39, 0.29) is 12.7 Å². The topological polar surface area (TPSA) is 62.2 Å².